The number of esters is 1. The Morgan fingerprint density at radius 3 is 2.88 bits per heavy atom. The number of primary amides is 1. The maximum Gasteiger partial charge on any atom is 0.339 e. The molecule has 1 aromatic rings. The molecule has 0 bridgehead atoms. The van der Waals surface area contributed by atoms with Crippen molar-refractivity contribution in [2.24, 2.45) is 5.73 Å². The van der Waals surface area contributed by atoms with Crippen molar-refractivity contribution in [3.8, 4) is 0 Å². The van der Waals surface area contributed by atoms with Gasteiger partial charge in [-0.15, -0.1) is 0 Å². The van der Waals surface area contributed by atoms with Crippen LogP contribution in [0.5, 0.6) is 0 Å². The Morgan fingerprint density at radius 1 is 1.50 bits per heavy atom. The number of nitrogens with two attached hydrogens (primary N) is 1. The Bertz CT molecular complexity index is 395. The van der Waals surface area contributed by atoms with Gasteiger partial charge >= 0.3 is 5.97 Å². The SMILES string of the molecule is NC(=O)CCCOC(=O)c1ccncc1Cl. The van der Waals surface area contributed by atoms with Gasteiger partial charge in [0.15, 0.2) is 0 Å². The van der Waals surface area contributed by atoms with Crippen molar-refractivity contribution in [1.82, 2.24) is 4.98 Å². The Labute approximate surface area is 97.6 Å². The molecule has 6 heteroatoms. The zero-order valence-corrected chi connectivity index (χ0v) is 9.24. The number of rotatable bonds is 5. The highest BCUT2D eigenvalue weighted by Crippen LogP contribution is 2.14. The number of carbonyl (C=O) groups excluding carboxylic acids is 2. The molecule has 86 valence electrons. The fraction of sp³-hybridized carbons (Fsp3) is 0.300. The van der Waals surface area contributed by atoms with E-state index >= 15 is 0 Å². The van der Waals surface area contributed by atoms with Crippen LogP contribution >= 0.6 is 11.6 Å². The first kappa shape index (κ1) is 12.4. The van der Waals surface area contributed by atoms with Gasteiger partial charge in [-0.05, 0) is 12.5 Å². The molecule has 1 aromatic heterocycles. The molecule has 1 amide bonds. The van der Waals surface area contributed by atoms with Gasteiger partial charge in [0.1, 0.15) is 0 Å². The van der Waals surface area contributed by atoms with Gasteiger partial charge in [0, 0.05) is 18.8 Å². The number of pyridine rings is 1. The van der Waals surface area contributed by atoms with Crippen LogP contribution in [-0.4, -0.2) is 23.5 Å². The fourth-order valence-electron chi connectivity index (χ4n) is 1.03. The van der Waals surface area contributed by atoms with Crippen LogP contribution in [-0.2, 0) is 9.53 Å². The van der Waals surface area contributed by atoms with Crippen LogP contribution in [0.2, 0.25) is 5.02 Å². The molecule has 0 aliphatic rings. The quantitative estimate of drug-likeness (QED) is 0.620. The number of halogens is 1. The predicted molar refractivity (Wildman–Crippen MR) is 58.0 cm³/mol. The normalized spacial score (nSPS) is 9.81. The third-order valence-electron chi connectivity index (χ3n) is 1.79. The Hall–Kier alpha value is -1.62. The first-order valence-corrected chi connectivity index (χ1v) is 5.04. The largest absolute Gasteiger partial charge is 0.462 e. The molecule has 0 aliphatic heterocycles. The summed E-state index contributed by atoms with van der Waals surface area (Å²) in [6.07, 6.45) is 3.41. The number of aromatic nitrogens is 1. The molecule has 0 spiro atoms. The molecule has 0 saturated carbocycles. The number of hydrogen-bond acceptors (Lipinski definition) is 4. The zero-order chi connectivity index (χ0) is 12.0. The third-order valence-corrected chi connectivity index (χ3v) is 2.09. The Balaban J connectivity index is 2.41. The van der Waals surface area contributed by atoms with Gasteiger partial charge in [-0.25, -0.2) is 4.79 Å². The summed E-state index contributed by atoms with van der Waals surface area (Å²) in [6, 6.07) is 1.47. The summed E-state index contributed by atoms with van der Waals surface area (Å²) in [4.78, 5) is 25.6. The van der Waals surface area contributed by atoms with Gasteiger partial charge < -0.3 is 10.5 Å². The predicted octanol–water partition coefficient (Wildman–Crippen LogP) is 1.16. The van der Waals surface area contributed by atoms with Crippen LogP contribution in [0.1, 0.15) is 23.2 Å². The average molecular weight is 243 g/mol. The molecule has 0 radical (unpaired) electrons. The van der Waals surface area contributed by atoms with Crippen LogP contribution < -0.4 is 5.73 Å². The maximum atomic E-state index is 11.5. The number of carbonyl (C=O) groups is 2. The van der Waals surface area contributed by atoms with Crippen molar-refractivity contribution < 1.29 is 14.3 Å². The first-order chi connectivity index (χ1) is 7.61. The lowest BCUT2D eigenvalue weighted by molar-refractivity contribution is -0.118. The molecule has 0 atom stereocenters. The highest BCUT2D eigenvalue weighted by molar-refractivity contribution is 6.33. The standard InChI is InChI=1S/C10H11ClN2O3/c11-8-6-13-4-3-7(8)10(15)16-5-1-2-9(12)14/h3-4,6H,1-2,5H2,(H2,12,14). The van der Waals surface area contributed by atoms with Gasteiger partial charge in [-0.1, -0.05) is 11.6 Å². The number of nitrogens with zero attached hydrogens (tertiary/aromatic N) is 1. The van der Waals surface area contributed by atoms with Crippen molar-refractivity contribution >= 4 is 23.5 Å². The monoisotopic (exact) mass is 242 g/mol. The number of ether oxygens (including phenoxy) is 1. The van der Waals surface area contributed by atoms with Crippen LogP contribution in [0.3, 0.4) is 0 Å². The van der Waals surface area contributed by atoms with E-state index in [9.17, 15) is 9.59 Å². The van der Waals surface area contributed by atoms with Crippen molar-refractivity contribution in [3.63, 3.8) is 0 Å². The third kappa shape index (κ3) is 3.86. The number of amides is 1. The molecule has 5 nitrogen and oxygen atoms in total. The van der Waals surface area contributed by atoms with Gasteiger partial charge in [0.25, 0.3) is 0 Å². The van der Waals surface area contributed by atoms with E-state index in [2.05, 4.69) is 4.98 Å². The average Bonchev–Trinajstić information content (AvgIpc) is 2.24. The summed E-state index contributed by atoms with van der Waals surface area (Å²) < 4.78 is 4.90. The van der Waals surface area contributed by atoms with Gasteiger partial charge in [0.2, 0.25) is 5.91 Å². The van der Waals surface area contributed by atoms with Crippen molar-refractivity contribution in [1.29, 1.82) is 0 Å². The Morgan fingerprint density at radius 2 is 2.25 bits per heavy atom. The minimum Gasteiger partial charge on any atom is -0.462 e. The topological polar surface area (TPSA) is 82.3 Å². The van der Waals surface area contributed by atoms with E-state index in [1.165, 1.54) is 18.5 Å². The molecule has 0 aliphatic carbocycles. The van der Waals surface area contributed by atoms with Gasteiger partial charge in [0.05, 0.1) is 17.2 Å². The lowest BCUT2D eigenvalue weighted by Crippen LogP contribution is -2.13. The molecule has 0 saturated heterocycles. The van der Waals surface area contributed by atoms with E-state index in [4.69, 9.17) is 22.1 Å². The molecular weight excluding hydrogens is 232 g/mol. The van der Waals surface area contributed by atoms with Crippen molar-refractivity contribution in [3.05, 3.63) is 29.0 Å². The second-order valence-corrected chi connectivity index (χ2v) is 3.47. The summed E-state index contributed by atoms with van der Waals surface area (Å²) in [5.74, 6) is -0.949. The van der Waals surface area contributed by atoms with E-state index in [-0.39, 0.29) is 23.6 Å². The van der Waals surface area contributed by atoms with E-state index in [1.54, 1.807) is 0 Å². The van der Waals surface area contributed by atoms with Gasteiger partial charge in [-0.2, -0.15) is 0 Å². The molecule has 0 fully saturated rings. The smallest absolute Gasteiger partial charge is 0.339 e. The minimum atomic E-state index is -0.531. The van der Waals surface area contributed by atoms with Crippen LogP contribution in [0.4, 0.5) is 0 Å². The van der Waals surface area contributed by atoms with Crippen LogP contribution in [0.25, 0.3) is 0 Å². The highest BCUT2D eigenvalue weighted by atomic mass is 35.5. The van der Waals surface area contributed by atoms with E-state index < -0.39 is 11.9 Å². The fourth-order valence-corrected chi connectivity index (χ4v) is 1.23. The van der Waals surface area contributed by atoms with E-state index in [0.717, 1.165) is 0 Å². The Kier molecular flexibility index (Phi) is 4.72. The van der Waals surface area contributed by atoms with Crippen molar-refractivity contribution in [2.45, 2.75) is 12.8 Å². The first-order valence-electron chi connectivity index (χ1n) is 4.66. The molecular formula is C10H11ClN2O3. The molecule has 16 heavy (non-hydrogen) atoms. The number of hydrogen-bond donors (Lipinski definition) is 1. The van der Waals surface area contributed by atoms with Gasteiger partial charge in [-0.3, -0.25) is 9.78 Å². The molecule has 0 unspecified atom stereocenters. The highest BCUT2D eigenvalue weighted by Gasteiger charge is 2.11. The summed E-state index contributed by atoms with van der Waals surface area (Å²) in [7, 11) is 0. The van der Waals surface area contributed by atoms with E-state index in [1.807, 2.05) is 0 Å². The summed E-state index contributed by atoms with van der Waals surface area (Å²) >= 11 is 5.74. The second kappa shape index (κ2) is 6.07. The second-order valence-electron chi connectivity index (χ2n) is 3.06. The molecule has 2 N–H and O–H groups in total. The summed E-state index contributed by atoms with van der Waals surface area (Å²) in [5.41, 5.74) is 5.20. The molecule has 1 heterocycles. The van der Waals surface area contributed by atoms with Crippen molar-refractivity contribution in [2.75, 3.05) is 6.61 Å². The lowest BCUT2D eigenvalue weighted by atomic mass is 10.3. The van der Waals surface area contributed by atoms with E-state index in [0.29, 0.717) is 6.42 Å². The lowest BCUT2D eigenvalue weighted by Gasteiger charge is -2.04. The van der Waals surface area contributed by atoms with Crippen LogP contribution in [0.15, 0.2) is 18.5 Å². The zero-order valence-electron chi connectivity index (χ0n) is 8.48. The summed E-state index contributed by atoms with van der Waals surface area (Å²) in [6.45, 7) is 0.139. The molecule has 0 aromatic carbocycles. The maximum absolute atomic E-state index is 11.5. The molecule has 1 rings (SSSR count). The summed E-state index contributed by atoms with van der Waals surface area (Å²) in [5, 5.41) is 0.238. The minimum absolute atomic E-state index is 0.139. The van der Waals surface area contributed by atoms with Crippen LogP contribution in [0, 0.1) is 0 Å².